The summed E-state index contributed by atoms with van der Waals surface area (Å²) in [7, 11) is 0. The van der Waals surface area contributed by atoms with E-state index in [-0.39, 0.29) is 24.0 Å². The van der Waals surface area contributed by atoms with Gasteiger partial charge in [-0.15, -0.1) is 24.0 Å². The van der Waals surface area contributed by atoms with Gasteiger partial charge in [0.05, 0.1) is 6.54 Å². The summed E-state index contributed by atoms with van der Waals surface area (Å²) in [6.07, 6.45) is 5.40. The van der Waals surface area contributed by atoms with E-state index >= 15 is 0 Å². The van der Waals surface area contributed by atoms with Crippen LogP contribution >= 0.6 is 35.7 Å². The van der Waals surface area contributed by atoms with Crippen LogP contribution in [-0.2, 0) is 0 Å². The Bertz CT molecular complexity index is 305. The average molecular weight is 426 g/mol. The Hall–Kier alpha value is 0.310. The van der Waals surface area contributed by atoms with Crippen LogP contribution in [0.1, 0.15) is 39.5 Å². The molecule has 0 aromatic rings. The van der Waals surface area contributed by atoms with Gasteiger partial charge in [0.1, 0.15) is 0 Å². The number of thioether (sulfide) groups is 1. The maximum absolute atomic E-state index is 4.88. The van der Waals surface area contributed by atoms with Crippen molar-refractivity contribution in [3.63, 3.8) is 0 Å². The molecule has 2 rings (SSSR count). The molecule has 2 N–H and O–H groups in total. The third kappa shape index (κ3) is 5.46. The van der Waals surface area contributed by atoms with E-state index in [9.17, 15) is 0 Å². The number of rotatable bonds is 5. The van der Waals surface area contributed by atoms with E-state index in [0.29, 0.717) is 5.54 Å². The van der Waals surface area contributed by atoms with Gasteiger partial charge >= 0.3 is 0 Å². The van der Waals surface area contributed by atoms with E-state index in [2.05, 4.69) is 41.1 Å². The summed E-state index contributed by atoms with van der Waals surface area (Å²) in [5, 5.41) is 6.69. The van der Waals surface area contributed by atoms with Crippen LogP contribution in [0.3, 0.4) is 0 Å². The molecule has 1 saturated carbocycles. The number of guanidine groups is 1. The quantitative estimate of drug-likeness (QED) is 0.403. The summed E-state index contributed by atoms with van der Waals surface area (Å²) < 4.78 is 0. The molecule has 1 saturated heterocycles. The molecule has 0 amide bonds. The number of nitrogens with one attached hydrogen (secondary N) is 2. The second kappa shape index (κ2) is 10.2. The van der Waals surface area contributed by atoms with Crippen molar-refractivity contribution < 1.29 is 0 Å². The fraction of sp³-hybridized carbons (Fsp3) is 0.933. The Morgan fingerprint density at radius 1 is 1.10 bits per heavy atom. The first kappa shape index (κ1) is 19.4. The molecule has 2 fully saturated rings. The van der Waals surface area contributed by atoms with Crippen molar-refractivity contribution in [2.75, 3.05) is 44.2 Å². The highest BCUT2D eigenvalue weighted by Crippen LogP contribution is 2.36. The zero-order valence-corrected chi connectivity index (χ0v) is 16.6. The van der Waals surface area contributed by atoms with Gasteiger partial charge < -0.3 is 10.6 Å². The third-order valence-electron chi connectivity index (χ3n) is 4.44. The van der Waals surface area contributed by atoms with Crippen LogP contribution in [0.4, 0.5) is 0 Å². The normalized spacial score (nSPS) is 21.4. The molecule has 0 aromatic heterocycles. The minimum absolute atomic E-state index is 0. The summed E-state index contributed by atoms with van der Waals surface area (Å²) in [4.78, 5) is 7.61. The molecule has 124 valence electrons. The van der Waals surface area contributed by atoms with Gasteiger partial charge in [-0.1, -0.05) is 12.8 Å². The first-order valence-corrected chi connectivity index (χ1v) is 9.31. The van der Waals surface area contributed by atoms with Gasteiger partial charge in [0, 0.05) is 43.2 Å². The Balaban J connectivity index is 0.00000220. The molecule has 0 bridgehead atoms. The summed E-state index contributed by atoms with van der Waals surface area (Å²) in [5.41, 5.74) is 0.344. The van der Waals surface area contributed by atoms with Crippen molar-refractivity contribution in [2.24, 2.45) is 4.99 Å². The van der Waals surface area contributed by atoms with Crippen molar-refractivity contribution in [1.82, 2.24) is 15.5 Å². The number of halogens is 1. The summed E-state index contributed by atoms with van der Waals surface area (Å²) in [6, 6.07) is 0. The molecule has 1 aliphatic carbocycles. The molecule has 4 nitrogen and oxygen atoms in total. The molecule has 0 radical (unpaired) electrons. The Kier molecular flexibility index (Phi) is 9.36. The van der Waals surface area contributed by atoms with E-state index in [4.69, 9.17) is 4.99 Å². The first-order chi connectivity index (χ1) is 9.80. The number of hydrogen-bond donors (Lipinski definition) is 2. The first-order valence-electron chi connectivity index (χ1n) is 8.16. The van der Waals surface area contributed by atoms with Crippen LogP contribution in [0.15, 0.2) is 4.99 Å². The molecular weight excluding hydrogens is 395 g/mol. The average Bonchev–Trinajstić information content (AvgIpc) is 2.96. The zero-order chi connectivity index (χ0) is 14.3. The van der Waals surface area contributed by atoms with Crippen molar-refractivity contribution >= 4 is 41.7 Å². The molecule has 0 aromatic carbocycles. The lowest BCUT2D eigenvalue weighted by Crippen LogP contribution is -2.53. The van der Waals surface area contributed by atoms with E-state index in [0.717, 1.165) is 25.6 Å². The standard InChI is InChI=1S/C15H30N4S.HI/c1-3-16-14(17-4-2)18-13-15(7-5-6-8-15)19-9-11-20-12-10-19;/h3-13H2,1-2H3,(H2,16,17,18);1H. The molecule has 0 atom stereocenters. The molecule has 6 heteroatoms. The fourth-order valence-electron chi connectivity index (χ4n) is 3.38. The van der Waals surface area contributed by atoms with Crippen molar-refractivity contribution in [3.8, 4) is 0 Å². The lowest BCUT2D eigenvalue weighted by atomic mass is 9.95. The highest BCUT2D eigenvalue weighted by molar-refractivity contribution is 14.0. The van der Waals surface area contributed by atoms with Crippen LogP contribution in [0, 0.1) is 0 Å². The summed E-state index contributed by atoms with van der Waals surface area (Å²) in [5.74, 6) is 3.56. The topological polar surface area (TPSA) is 39.7 Å². The molecule has 1 heterocycles. The van der Waals surface area contributed by atoms with Crippen molar-refractivity contribution in [3.05, 3.63) is 0 Å². The van der Waals surface area contributed by atoms with Crippen molar-refractivity contribution in [2.45, 2.75) is 45.1 Å². The maximum atomic E-state index is 4.88. The maximum Gasteiger partial charge on any atom is 0.191 e. The van der Waals surface area contributed by atoms with Crippen LogP contribution < -0.4 is 10.6 Å². The Morgan fingerprint density at radius 2 is 1.67 bits per heavy atom. The number of hydrogen-bond acceptors (Lipinski definition) is 3. The Morgan fingerprint density at radius 3 is 2.19 bits per heavy atom. The van der Waals surface area contributed by atoms with Gasteiger partial charge in [-0.05, 0) is 26.7 Å². The molecule has 21 heavy (non-hydrogen) atoms. The van der Waals surface area contributed by atoms with Crippen LogP contribution in [0.2, 0.25) is 0 Å². The van der Waals surface area contributed by atoms with Crippen LogP contribution in [-0.4, -0.2) is 60.6 Å². The van der Waals surface area contributed by atoms with Gasteiger partial charge in [0.2, 0.25) is 0 Å². The molecule has 2 aliphatic rings. The third-order valence-corrected chi connectivity index (χ3v) is 5.38. The van der Waals surface area contributed by atoms with E-state index in [1.54, 1.807) is 0 Å². The summed E-state index contributed by atoms with van der Waals surface area (Å²) >= 11 is 2.09. The minimum atomic E-state index is 0. The van der Waals surface area contributed by atoms with E-state index < -0.39 is 0 Å². The monoisotopic (exact) mass is 426 g/mol. The largest absolute Gasteiger partial charge is 0.357 e. The lowest BCUT2D eigenvalue weighted by molar-refractivity contribution is 0.112. The van der Waals surface area contributed by atoms with Gasteiger partial charge in [-0.25, -0.2) is 0 Å². The van der Waals surface area contributed by atoms with E-state index in [1.165, 1.54) is 50.3 Å². The van der Waals surface area contributed by atoms with Gasteiger partial charge in [-0.2, -0.15) is 11.8 Å². The predicted molar refractivity (Wildman–Crippen MR) is 105 cm³/mol. The number of aliphatic imine (C=N–C) groups is 1. The number of nitrogens with zero attached hydrogens (tertiary/aromatic N) is 2. The molecule has 1 aliphatic heterocycles. The molecule has 0 unspecified atom stereocenters. The Labute approximate surface area is 151 Å². The predicted octanol–water partition coefficient (Wildman–Crippen LogP) is 2.54. The van der Waals surface area contributed by atoms with E-state index in [1.807, 2.05) is 0 Å². The molecular formula is C15H31IN4S. The van der Waals surface area contributed by atoms with Crippen LogP contribution in [0.5, 0.6) is 0 Å². The summed E-state index contributed by atoms with van der Waals surface area (Å²) in [6.45, 7) is 9.56. The highest BCUT2D eigenvalue weighted by atomic mass is 127. The SMILES string of the molecule is CCNC(=NCC1(N2CCSCC2)CCCC1)NCC.I. The van der Waals surface area contributed by atoms with Gasteiger partial charge in [-0.3, -0.25) is 9.89 Å². The van der Waals surface area contributed by atoms with Gasteiger partial charge in [0.15, 0.2) is 5.96 Å². The highest BCUT2D eigenvalue weighted by Gasteiger charge is 2.39. The zero-order valence-electron chi connectivity index (χ0n) is 13.5. The van der Waals surface area contributed by atoms with Crippen molar-refractivity contribution in [1.29, 1.82) is 0 Å². The lowest BCUT2D eigenvalue weighted by Gasteiger charge is -2.42. The molecule has 0 spiro atoms. The second-order valence-electron chi connectivity index (χ2n) is 5.76. The van der Waals surface area contributed by atoms with Crippen LogP contribution in [0.25, 0.3) is 0 Å². The van der Waals surface area contributed by atoms with Gasteiger partial charge in [0.25, 0.3) is 0 Å². The second-order valence-corrected chi connectivity index (χ2v) is 6.98. The minimum Gasteiger partial charge on any atom is -0.357 e. The fourth-order valence-corrected chi connectivity index (χ4v) is 4.28. The smallest absolute Gasteiger partial charge is 0.191 e.